The highest BCUT2D eigenvalue weighted by Gasteiger charge is 2.70. The molecule has 3 heterocycles. The molecule has 5 aromatic rings. The molecule has 42 heavy (non-hydrogen) atoms. The minimum absolute atomic E-state index is 0.00255. The SMILES string of the molecule is CS(=O)(=O)c1ccc(Nc2cc3c(-c4ccc5nn(CC(O)(C(F)(F)F)C(F)(F)F)cc5c4Cl)nccc3cn2)cc1. The molecule has 0 unspecified atom stereocenters. The number of sulfone groups is 1. The molecule has 8 nitrogen and oxygen atoms in total. The van der Waals surface area contributed by atoms with E-state index in [0.29, 0.717) is 38.2 Å². The minimum atomic E-state index is -6.01. The fourth-order valence-electron chi connectivity index (χ4n) is 4.23. The summed E-state index contributed by atoms with van der Waals surface area (Å²) >= 11 is 6.58. The largest absolute Gasteiger partial charge is 0.428 e. The van der Waals surface area contributed by atoms with Crippen molar-refractivity contribution in [2.24, 2.45) is 0 Å². The van der Waals surface area contributed by atoms with E-state index in [9.17, 15) is 39.9 Å². The van der Waals surface area contributed by atoms with Crippen LogP contribution in [0.2, 0.25) is 5.02 Å². The van der Waals surface area contributed by atoms with Crippen LogP contribution in [-0.2, 0) is 16.4 Å². The topological polar surface area (TPSA) is 110 Å². The van der Waals surface area contributed by atoms with Crippen molar-refractivity contribution in [3.8, 4) is 11.3 Å². The number of fused-ring (bicyclic) bond motifs is 2. The quantitative estimate of drug-likeness (QED) is 0.212. The molecule has 0 bridgehead atoms. The first-order valence-electron chi connectivity index (χ1n) is 11.8. The van der Waals surface area contributed by atoms with Crippen LogP contribution in [0, 0.1) is 0 Å². The van der Waals surface area contributed by atoms with Crippen molar-refractivity contribution in [1.29, 1.82) is 0 Å². The van der Waals surface area contributed by atoms with Crippen molar-refractivity contribution in [2.45, 2.75) is 29.4 Å². The molecule has 3 aromatic heterocycles. The number of anilines is 2. The van der Waals surface area contributed by atoms with Gasteiger partial charge in [0.05, 0.1) is 27.7 Å². The number of alkyl halides is 6. The number of nitrogens with one attached hydrogen (secondary N) is 1. The summed E-state index contributed by atoms with van der Waals surface area (Å²) in [5.74, 6) is 0.368. The molecule has 0 saturated heterocycles. The average Bonchev–Trinajstić information content (AvgIpc) is 3.30. The third-order valence-electron chi connectivity index (χ3n) is 6.46. The van der Waals surface area contributed by atoms with Gasteiger partial charge in [0, 0.05) is 52.3 Å². The van der Waals surface area contributed by atoms with Gasteiger partial charge in [0.25, 0.3) is 5.60 Å². The minimum Gasteiger partial charge on any atom is -0.372 e. The second-order valence-electron chi connectivity index (χ2n) is 9.41. The molecule has 0 aliphatic carbocycles. The highest BCUT2D eigenvalue weighted by molar-refractivity contribution is 7.90. The lowest BCUT2D eigenvalue weighted by atomic mass is 10.0. The van der Waals surface area contributed by atoms with Gasteiger partial charge in [-0.1, -0.05) is 11.6 Å². The van der Waals surface area contributed by atoms with E-state index in [2.05, 4.69) is 20.4 Å². The lowest BCUT2D eigenvalue weighted by Gasteiger charge is -2.31. The van der Waals surface area contributed by atoms with Crippen molar-refractivity contribution >= 4 is 54.6 Å². The maximum absolute atomic E-state index is 13.2. The third kappa shape index (κ3) is 5.34. The molecule has 220 valence electrons. The number of halogens is 7. The Balaban J connectivity index is 1.53. The summed E-state index contributed by atoms with van der Waals surface area (Å²) in [5, 5.41) is 17.6. The summed E-state index contributed by atoms with van der Waals surface area (Å²) in [7, 11) is -3.38. The Morgan fingerprint density at radius 3 is 2.24 bits per heavy atom. The zero-order valence-corrected chi connectivity index (χ0v) is 22.7. The van der Waals surface area contributed by atoms with Crippen molar-refractivity contribution in [2.75, 3.05) is 11.6 Å². The van der Waals surface area contributed by atoms with Crippen molar-refractivity contribution in [1.82, 2.24) is 19.7 Å². The highest BCUT2D eigenvalue weighted by atomic mass is 35.5. The van der Waals surface area contributed by atoms with E-state index in [4.69, 9.17) is 11.6 Å². The first-order valence-corrected chi connectivity index (χ1v) is 14.1. The number of hydrogen-bond donors (Lipinski definition) is 2. The van der Waals surface area contributed by atoms with Crippen molar-refractivity contribution in [3.63, 3.8) is 0 Å². The highest BCUT2D eigenvalue weighted by Crippen LogP contribution is 2.44. The average molecular weight is 630 g/mol. The van der Waals surface area contributed by atoms with E-state index in [-0.39, 0.29) is 20.8 Å². The Bertz CT molecular complexity index is 1910. The molecule has 0 saturated carbocycles. The molecular weight excluding hydrogens is 612 g/mol. The maximum atomic E-state index is 13.2. The van der Waals surface area contributed by atoms with Crippen LogP contribution in [0.25, 0.3) is 32.9 Å². The normalized spacial score (nSPS) is 13.2. The molecule has 0 fully saturated rings. The van der Waals surface area contributed by atoms with E-state index in [1.165, 1.54) is 30.5 Å². The van der Waals surface area contributed by atoms with E-state index in [0.717, 1.165) is 12.5 Å². The number of pyridine rings is 2. The van der Waals surface area contributed by atoms with Gasteiger partial charge in [0.1, 0.15) is 5.82 Å². The Hall–Kier alpha value is -3.95. The van der Waals surface area contributed by atoms with Gasteiger partial charge in [-0.15, -0.1) is 0 Å². The van der Waals surface area contributed by atoms with Crippen LogP contribution in [0.3, 0.4) is 0 Å². The number of benzene rings is 2. The monoisotopic (exact) mass is 629 g/mol. The van der Waals surface area contributed by atoms with Crippen molar-refractivity contribution in [3.05, 3.63) is 72.1 Å². The Morgan fingerprint density at radius 1 is 0.952 bits per heavy atom. The lowest BCUT2D eigenvalue weighted by molar-refractivity contribution is -0.372. The van der Waals surface area contributed by atoms with Crippen LogP contribution in [0.15, 0.2) is 72.0 Å². The van der Waals surface area contributed by atoms with E-state index in [1.807, 2.05) is 0 Å². The smallest absolute Gasteiger partial charge is 0.372 e. The van der Waals surface area contributed by atoms with Gasteiger partial charge >= 0.3 is 12.4 Å². The second-order valence-corrected chi connectivity index (χ2v) is 11.8. The van der Waals surface area contributed by atoms with Gasteiger partial charge < -0.3 is 10.4 Å². The second kappa shape index (κ2) is 10.1. The van der Waals surface area contributed by atoms with Crippen LogP contribution in [0.5, 0.6) is 0 Å². The number of rotatable bonds is 6. The van der Waals surface area contributed by atoms with Gasteiger partial charge in [-0.05, 0) is 48.5 Å². The standard InChI is InChI=1S/C26H18ClF6N5O3S/c1-42(40,41)16-4-2-15(3-5-16)36-21-10-18-14(11-35-21)8-9-34-23(18)17-6-7-20-19(22(17)27)12-38(37-20)13-24(39,25(28,29)30)26(31,32)33/h2-12,39H,13H2,1H3,(H,35,36). The zero-order valence-electron chi connectivity index (χ0n) is 21.2. The number of nitrogens with zero attached hydrogens (tertiary/aromatic N) is 4. The van der Waals surface area contributed by atoms with E-state index < -0.39 is 34.3 Å². The summed E-state index contributed by atoms with van der Waals surface area (Å²) in [6.45, 7) is -1.93. The van der Waals surface area contributed by atoms with Gasteiger partial charge in [-0.25, -0.2) is 13.4 Å². The molecule has 0 amide bonds. The number of aromatic nitrogens is 4. The Kier molecular flexibility index (Phi) is 7.10. The third-order valence-corrected chi connectivity index (χ3v) is 7.99. The van der Waals surface area contributed by atoms with Crippen molar-refractivity contribution < 1.29 is 39.9 Å². The van der Waals surface area contributed by atoms with Gasteiger partial charge in [0.15, 0.2) is 9.84 Å². The van der Waals surface area contributed by atoms with E-state index >= 15 is 0 Å². The summed E-state index contributed by atoms with van der Waals surface area (Å²) in [5.41, 5.74) is -3.84. The van der Waals surface area contributed by atoms with Crippen LogP contribution in [-0.4, -0.2) is 57.5 Å². The predicted octanol–water partition coefficient (Wildman–Crippen LogP) is 6.30. The molecule has 0 atom stereocenters. The molecule has 0 aliphatic heterocycles. The van der Waals surface area contributed by atoms with Gasteiger partial charge in [-0.2, -0.15) is 31.4 Å². The summed E-state index contributed by atoms with van der Waals surface area (Å²) in [4.78, 5) is 8.88. The predicted molar refractivity (Wildman–Crippen MR) is 143 cm³/mol. The summed E-state index contributed by atoms with van der Waals surface area (Å²) in [6, 6.07) is 12.2. The molecule has 0 spiro atoms. The van der Waals surface area contributed by atoms with Crippen LogP contribution in [0.4, 0.5) is 37.8 Å². The lowest BCUT2D eigenvalue weighted by Crippen LogP contribution is -2.59. The van der Waals surface area contributed by atoms with Crippen LogP contribution >= 0.6 is 11.6 Å². The fraction of sp³-hybridized carbons (Fsp3) is 0.192. The zero-order chi connectivity index (χ0) is 30.7. The van der Waals surface area contributed by atoms with Crippen LogP contribution in [0.1, 0.15) is 0 Å². The molecule has 0 aliphatic rings. The Labute approximate surface area is 238 Å². The Morgan fingerprint density at radius 2 is 1.62 bits per heavy atom. The molecular formula is C26H18ClF6N5O3S. The number of hydrogen-bond acceptors (Lipinski definition) is 7. The van der Waals surface area contributed by atoms with Crippen LogP contribution < -0.4 is 5.32 Å². The first-order chi connectivity index (χ1) is 19.5. The maximum Gasteiger partial charge on any atom is 0.428 e. The van der Waals surface area contributed by atoms with Gasteiger partial charge in [0.2, 0.25) is 0 Å². The molecule has 2 N–H and O–H groups in total. The fourth-order valence-corrected chi connectivity index (χ4v) is 5.16. The number of aliphatic hydroxyl groups is 1. The van der Waals surface area contributed by atoms with Gasteiger partial charge in [-0.3, -0.25) is 9.67 Å². The first kappa shape index (κ1) is 29.5. The summed E-state index contributed by atoms with van der Waals surface area (Å²) in [6.07, 6.45) is -7.02. The molecule has 0 radical (unpaired) electrons. The molecule has 16 heteroatoms. The van der Waals surface area contributed by atoms with E-state index in [1.54, 1.807) is 30.5 Å². The molecule has 5 rings (SSSR count). The molecule has 2 aromatic carbocycles. The summed E-state index contributed by atoms with van der Waals surface area (Å²) < 4.78 is 103.